The summed E-state index contributed by atoms with van der Waals surface area (Å²) in [6, 6.07) is 5.08. The number of rotatable bonds is 7. The number of anilines is 1. The minimum Gasteiger partial charge on any atom is -0.497 e. The highest BCUT2D eigenvalue weighted by Crippen LogP contribution is 2.26. The molecule has 18 heavy (non-hydrogen) atoms. The molecule has 0 aliphatic rings. The number of carbonyl (C=O) groups excluding carboxylic acids is 1. The van der Waals surface area contributed by atoms with Crippen molar-refractivity contribution in [3.63, 3.8) is 0 Å². The standard InChI is InChI=1S/C12H17ClN2O3/c1-17-6-5-14-8-12(16)15-11-7-9(18-2)3-4-10(11)13/h3-4,7,14H,5-6,8H2,1-2H3,(H,15,16). The fourth-order valence-corrected chi connectivity index (χ4v) is 1.46. The smallest absolute Gasteiger partial charge is 0.238 e. The Hall–Kier alpha value is -1.30. The maximum Gasteiger partial charge on any atom is 0.238 e. The number of halogens is 1. The van der Waals surface area contributed by atoms with Crippen molar-refractivity contribution in [2.45, 2.75) is 0 Å². The number of benzene rings is 1. The van der Waals surface area contributed by atoms with E-state index in [-0.39, 0.29) is 12.5 Å². The first-order valence-corrected chi connectivity index (χ1v) is 5.88. The lowest BCUT2D eigenvalue weighted by atomic mass is 10.3. The van der Waals surface area contributed by atoms with Gasteiger partial charge in [0.05, 0.1) is 31.0 Å². The Morgan fingerprint density at radius 3 is 2.83 bits per heavy atom. The van der Waals surface area contributed by atoms with Gasteiger partial charge < -0.3 is 20.1 Å². The molecule has 6 heteroatoms. The number of methoxy groups -OCH3 is 2. The molecule has 5 nitrogen and oxygen atoms in total. The van der Waals surface area contributed by atoms with E-state index in [0.717, 1.165) is 0 Å². The number of hydrogen-bond donors (Lipinski definition) is 2. The van der Waals surface area contributed by atoms with Gasteiger partial charge in [0.2, 0.25) is 5.91 Å². The summed E-state index contributed by atoms with van der Waals surface area (Å²) < 4.78 is 9.92. The molecule has 0 fully saturated rings. The normalized spacial score (nSPS) is 10.2. The van der Waals surface area contributed by atoms with E-state index in [1.165, 1.54) is 0 Å². The molecular weight excluding hydrogens is 256 g/mol. The molecule has 1 aromatic carbocycles. The van der Waals surface area contributed by atoms with Crippen LogP contribution in [0, 0.1) is 0 Å². The molecule has 0 saturated carbocycles. The molecule has 0 saturated heterocycles. The highest BCUT2D eigenvalue weighted by Gasteiger charge is 2.06. The molecule has 0 aromatic heterocycles. The zero-order valence-electron chi connectivity index (χ0n) is 10.5. The summed E-state index contributed by atoms with van der Waals surface area (Å²) in [5, 5.41) is 6.12. The maximum absolute atomic E-state index is 11.6. The summed E-state index contributed by atoms with van der Waals surface area (Å²) in [4.78, 5) is 11.6. The van der Waals surface area contributed by atoms with Gasteiger partial charge in [0.15, 0.2) is 0 Å². The fourth-order valence-electron chi connectivity index (χ4n) is 1.30. The van der Waals surface area contributed by atoms with Crippen molar-refractivity contribution < 1.29 is 14.3 Å². The maximum atomic E-state index is 11.6. The van der Waals surface area contributed by atoms with Gasteiger partial charge in [0, 0.05) is 19.7 Å². The van der Waals surface area contributed by atoms with E-state index < -0.39 is 0 Å². The minimum atomic E-state index is -0.166. The molecule has 1 rings (SSSR count). The predicted molar refractivity (Wildman–Crippen MR) is 71.4 cm³/mol. The van der Waals surface area contributed by atoms with Gasteiger partial charge in [0.25, 0.3) is 0 Å². The van der Waals surface area contributed by atoms with Crippen molar-refractivity contribution in [3.05, 3.63) is 23.2 Å². The molecule has 0 spiro atoms. The zero-order valence-corrected chi connectivity index (χ0v) is 11.2. The van der Waals surface area contributed by atoms with Crippen LogP contribution in [-0.2, 0) is 9.53 Å². The highest BCUT2D eigenvalue weighted by atomic mass is 35.5. The van der Waals surface area contributed by atoms with Crippen LogP contribution in [0.3, 0.4) is 0 Å². The lowest BCUT2D eigenvalue weighted by Gasteiger charge is -2.09. The van der Waals surface area contributed by atoms with Crippen LogP contribution in [0.15, 0.2) is 18.2 Å². The minimum absolute atomic E-state index is 0.166. The second-order valence-corrected chi connectivity index (χ2v) is 3.97. The van der Waals surface area contributed by atoms with Crippen LogP contribution < -0.4 is 15.4 Å². The third-order valence-corrected chi connectivity index (χ3v) is 2.55. The summed E-state index contributed by atoms with van der Waals surface area (Å²) in [5.41, 5.74) is 0.537. The van der Waals surface area contributed by atoms with Crippen LogP contribution in [0.5, 0.6) is 5.75 Å². The Morgan fingerprint density at radius 1 is 1.39 bits per heavy atom. The molecule has 0 bridgehead atoms. The highest BCUT2D eigenvalue weighted by molar-refractivity contribution is 6.33. The molecule has 0 heterocycles. The van der Waals surface area contributed by atoms with Gasteiger partial charge in [-0.15, -0.1) is 0 Å². The average molecular weight is 273 g/mol. The van der Waals surface area contributed by atoms with E-state index in [1.54, 1.807) is 32.4 Å². The van der Waals surface area contributed by atoms with Crippen molar-refractivity contribution in [1.29, 1.82) is 0 Å². The molecule has 0 radical (unpaired) electrons. The van der Waals surface area contributed by atoms with E-state index in [4.69, 9.17) is 21.1 Å². The van der Waals surface area contributed by atoms with Crippen LogP contribution in [-0.4, -0.2) is 39.8 Å². The van der Waals surface area contributed by atoms with Crippen LogP contribution in [0.1, 0.15) is 0 Å². The Kier molecular flexibility index (Phi) is 6.49. The molecule has 0 aliphatic carbocycles. The number of carbonyl (C=O) groups is 1. The SMILES string of the molecule is COCCNCC(=O)Nc1cc(OC)ccc1Cl. The molecule has 0 unspecified atom stereocenters. The van der Waals surface area contributed by atoms with Crippen LogP contribution in [0.4, 0.5) is 5.69 Å². The van der Waals surface area contributed by atoms with Gasteiger partial charge in [-0.2, -0.15) is 0 Å². The second kappa shape index (κ2) is 7.92. The Labute approximate surface area is 111 Å². The van der Waals surface area contributed by atoms with Crippen LogP contribution >= 0.6 is 11.6 Å². The average Bonchev–Trinajstić information content (AvgIpc) is 2.37. The largest absolute Gasteiger partial charge is 0.497 e. The van der Waals surface area contributed by atoms with Gasteiger partial charge in [-0.1, -0.05) is 11.6 Å². The van der Waals surface area contributed by atoms with Gasteiger partial charge in [0.1, 0.15) is 5.75 Å². The summed E-state index contributed by atoms with van der Waals surface area (Å²) >= 11 is 5.97. The lowest BCUT2D eigenvalue weighted by molar-refractivity contribution is -0.115. The van der Waals surface area contributed by atoms with Crippen molar-refractivity contribution in [2.24, 2.45) is 0 Å². The molecule has 0 atom stereocenters. The lowest BCUT2D eigenvalue weighted by Crippen LogP contribution is -2.30. The quantitative estimate of drug-likeness (QED) is 0.739. The van der Waals surface area contributed by atoms with Crippen molar-refractivity contribution in [3.8, 4) is 5.75 Å². The van der Waals surface area contributed by atoms with Crippen molar-refractivity contribution in [2.75, 3.05) is 39.2 Å². The van der Waals surface area contributed by atoms with E-state index in [1.807, 2.05) is 0 Å². The van der Waals surface area contributed by atoms with E-state index in [9.17, 15) is 4.79 Å². The van der Waals surface area contributed by atoms with Crippen molar-refractivity contribution >= 4 is 23.2 Å². The molecule has 1 aromatic rings. The zero-order chi connectivity index (χ0) is 13.4. The first kappa shape index (κ1) is 14.8. The summed E-state index contributed by atoms with van der Waals surface area (Å²) in [6.07, 6.45) is 0. The van der Waals surface area contributed by atoms with Crippen LogP contribution in [0.25, 0.3) is 0 Å². The van der Waals surface area contributed by atoms with Crippen LogP contribution in [0.2, 0.25) is 5.02 Å². The Morgan fingerprint density at radius 2 is 2.17 bits per heavy atom. The van der Waals surface area contributed by atoms with Crippen molar-refractivity contribution in [1.82, 2.24) is 5.32 Å². The number of nitrogens with one attached hydrogen (secondary N) is 2. The molecule has 0 aliphatic heterocycles. The fraction of sp³-hybridized carbons (Fsp3) is 0.417. The molecule has 2 N–H and O–H groups in total. The summed E-state index contributed by atoms with van der Waals surface area (Å²) in [7, 11) is 3.17. The first-order valence-electron chi connectivity index (χ1n) is 5.50. The molecule has 1 amide bonds. The third-order valence-electron chi connectivity index (χ3n) is 2.22. The summed E-state index contributed by atoms with van der Waals surface area (Å²) in [5.74, 6) is 0.475. The molecule has 100 valence electrons. The Bertz CT molecular complexity index is 399. The second-order valence-electron chi connectivity index (χ2n) is 3.56. The first-order chi connectivity index (χ1) is 8.67. The third kappa shape index (κ3) is 4.91. The van der Waals surface area contributed by atoms with Gasteiger partial charge in [-0.25, -0.2) is 0 Å². The topological polar surface area (TPSA) is 59.6 Å². The Balaban J connectivity index is 2.48. The van der Waals surface area contributed by atoms with Gasteiger partial charge in [-0.3, -0.25) is 4.79 Å². The van der Waals surface area contributed by atoms with Gasteiger partial charge >= 0.3 is 0 Å². The number of hydrogen-bond acceptors (Lipinski definition) is 4. The van der Waals surface area contributed by atoms with E-state index in [2.05, 4.69) is 10.6 Å². The monoisotopic (exact) mass is 272 g/mol. The number of ether oxygens (including phenoxy) is 2. The number of amides is 1. The van der Waals surface area contributed by atoms with E-state index >= 15 is 0 Å². The van der Waals surface area contributed by atoms with Gasteiger partial charge in [-0.05, 0) is 12.1 Å². The predicted octanol–water partition coefficient (Wildman–Crippen LogP) is 1.52. The van der Waals surface area contributed by atoms with E-state index in [0.29, 0.717) is 29.6 Å². The molecular formula is C12H17ClN2O3. The summed E-state index contributed by atoms with van der Waals surface area (Å²) in [6.45, 7) is 1.39.